The summed E-state index contributed by atoms with van der Waals surface area (Å²) in [5.41, 5.74) is -0.0436. The number of rotatable bonds is 3. The van der Waals surface area contributed by atoms with Gasteiger partial charge in [-0.25, -0.2) is 0 Å². The predicted octanol–water partition coefficient (Wildman–Crippen LogP) is 3.08. The van der Waals surface area contributed by atoms with Crippen LogP contribution < -0.4 is 0 Å². The molecule has 5 nitrogen and oxygen atoms in total. The van der Waals surface area contributed by atoms with E-state index < -0.39 is 18.0 Å². The second-order valence-electron chi connectivity index (χ2n) is 7.49. The molecule has 8 heteroatoms. The van der Waals surface area contributed by atoms with Crippen LogP contribution >= 0.6 is 0 Å². The summed E-state index contributed by atoms with van der Waals surface area (Å²) in [6.45, 7) is 1.12. The van der Waals surface area contributed by atoms with E-state index in [1.54, 1.807) is 23.4 Å². The normalized spacial score (nSPS) is 20.1. The SMILES string of the molecule is O=C(c1ccc(C(F)(F)F)nc1)N1CC2(CC(C(O)c3cccnc3)C2)C1. The van der Waals surface area contributed by atoms with Gasteiger partial charge in [0.1, 0.15) is 5.69 Å². The first-order chi connectivity index (χ1) is 12.8. The van der Waals surface area contributed by atoms with Crippen LogP contribution in [0.15, 0.2) is 42.9 Å². The maximum absolute atomic E-state index is 12.6. The van der Waals surface area contributed by atoms with Gasteiger partial charge in [0.25, 0.3) is 5.91 Å². The number of aliphatic hydroxyl groups is 1. The molecule has 3 heterocycles. The highest BCUT2D eigenvalue weighted by Gasteiger charge is 2.55. The first-order valence-electron chi connectivity index (χ1n) is 8.68. The number of aliphatic hydroxyl groups excluding tert-OH is 1. The number of pyridine rings is 2. The van der Waals surface area contributed by atoms with Crippen molar-refractivity contribution in [2.75, 3.05) is 13.1 Å². The molecule has 1 spiro atoms. The number of nitrogens with zero attached hydrogens (tertiary/aromatic N) is 3. The average molecular weight is 377 g/mol. The monoisotopic (exact) mass is 377 g/mol. The number of carbonyl (C=O) groups excluding carboxylic acids is 1. The van der Waals surface area contributed by atoms with E-state index in [1.165, 1.54) is 6.07 Å². The summed E-state index contributed by atoms with van der Waals surface area (Å²) in [5.74, 6) is -0.169. The molecule has 2 aliphatic rings. The number of hydrogen-bond donors (Lipinski definition) is 1. The zero-order valence-corrected chi connectivity index (χ0v) is 14.4. The van der Waals surface area contributed by atoms with Crippen LogP contribution in [0.25, 0.3) is 0 Å². The van der Waals surface area contributed by atoms with Crippen molar-refractivity contribution >= 4 is 5.91 Å². The minimum atomic E-state index is -4.52. The molecule has 2 fully saturated rings. The second kappa shape index (κ2) is 6.30. The molecule has 1 saturated carbocycles. The van der Waals surface area contributed by atoms with E-state index >= 15 is 0 Å². The van der Waals surface area contributed by atoms with Crippen LogP contribution in [0, 0.1) is 11.3 Å². The largest absolute Gasteiger partial charge is 0.433 e. The van der Waals surface area contributed by atoms with Crippen LogP contribution in [0.4, 0.5) is 13.2 Å². The summed E-state index contributed by atoms with van der Waals surface area (Å²) in [7, 11) is 0. The Morgan fingerprint density at radius 2 is 1.96 bits per heavy atom. The quantitative estimate of drug-likeness (QED) is 0.893. The highest BCUT2D eigenvalue weighted by Crippen LogP contribution is 2.55. The molecule has 4 rings (SSSR count). The predicted molar refractivity (Wildman–Crippen MR) is 89.5 cm³/mol. The van der Waals surface area contributed by atoms with Gasteiger partial charge in [-0.2, -0.15) is 13.2 Å². The van der Waals surface area contributed by atoms with Crippen LogP contribution in [0.2, 0.25) is 0 Å². The maximum atomic E-state index is 12.6. The van der Waals surface area contributed by atoms with E-state index in [0.29, 0.717) is 13.1 Å². The van der Waals surface area contributed by atoms with Crippen molar-refractivity contribution in [1.29, 1.82) is 0 Å². The first kappa shape index (κ1) is 17.9. The van der Waals surface area contributed by atoms with Crippen LogP contribution in [-0.4, -0.2) is 39.0 Å². The Hall–Kier alpha value is -2.48. The maximum Gasteiger partial charge on any atom is 0.433 e. The fourth-order valence-electron chi connectivity index (χ4n) is 4.13. The third-order valence-electron chi connectivity index (χ3n) is 5.50. The van der Waals surface area contributed by atoms with Gasteiger partial charge < -0.3 is 10.0 Å². The highest BCUT2D eigenvalue weighted by atomic mass is 19.4. The van der Waals surface area contributed by atoms with E-state index in [9.17, 15) is 23.1 Å². The number of aromatic nitrogens is 2. The number of carbonyl (C=O) groups is 1. The number of hydrogen-bond acceptors (Lipinski definition) is 4. The van der Waals surface area contributed by atoms with Crippen LogP contribution in [-0.2, 0) is 6.18 Å². The van der Waals surface area contributed by atoms with E-state index in [4.69, 9.17) is 0 Å². The smallest absolute Gasteiger partial charge is 0.388 e. The number of likely N-dealkylation sites (tertiary alicyclic amines) is 1. The molecule has 0 radical (unpaired) electrons. The Morgan fingerprint density at radius 1 is 1.22 bits per heavy atom. The van der Waals surface area contributed by atoms with Crippen molar-refractivity contribution in [2.24, 2.45) is 11.3 Å². The van der Waals surface area contributed by atoms with Gasteiger partial charge in [-0.1, -0.05) is 6.07 Å². The third-order valence-corrected chi connectivity index (χ3v) is 5.50. The molecule has 1 saturated heterocycles. The van der Waals surface area contributed by atoms with Crippen molar-refractivity contribution in [3.63, 3.8) is 0 Å². The van der Waals surface area contributed by atoms with Crippen LogP contribution in [0.3, 0.4) is 0 Å². The van der Waals surface area contributed by atoms with Gasteiger partial charge in [-0.3, -0.25) is 14.8 Å². The fourth-order valence-corrected chi connectivity index (χ4v) is 4.13. The second-order valence-corrected chi connectivity index (χ2v) is 7.49. The lowest BCUT2D eigenvalue weighted by molar-refractivity contribution is -0.141. The lowest BCUT2D eigenvalue weighted by Crippen LogP contribution is -2.64. The molecule has 1 aliphatic carbocycles. The van der Waals surface area contributed by atoms with Crippen molar-refractivity contribution in [2.45, 2.75) is 25.1 Å². The molecule has 0 aromatic carbocycles. The molecule has 1 unspecified atom stereocenters. The Kier molecular flexibility index (Phi) is 4.18. The molecule has 2 aromatic rings. The summed E-state index contributed by atoms with van der Waals surface area (Å²) >= 11 is 0. The van der Waals surface area contributed by atoms with Gasteiger partial charge in [-0.15, -0.1) is 0 Å². The van der Waals surface area contributed by atoms with Crippen LogP contribution in [0.5, 0.6) is 0 Å². The summed E-state index contributed by atoms with van der Waals surface area (Å²) in [4.78, 5) is 21.4. The molecule has 1 N–H and O–H groups in total. The molecule has 1 atom stereocenters. The van der Waals surface area contributed by atoms with Crippen LogP contribution in [0.1, 0.15) is 40.6 Å². The molecule has 1 aliphatic heterocycles. The molecule has 2 aromatic heterocycles. The van der Waals surface area contributed by atoms with Gasteiger partial charge in [0.2, 0.25) is 0 Å². The van der Waals surface area contributed by atoms with Crippen molar-refractivity contribution in [3.05, 3.63) is 59.7 Å². The molecular formula is C19H18F3N3O2. The highest BCUT2D eigenvalue weighted by molar-refractivity contribution is 5.94. The number of alkyl halides is 3. The van der Waals surface area contributed by atoms with Gasteiger partial charge in [0, 0.05) is 37.1 Å². The Morgan fingerprint density at radius 3 is 2.52 bits per heavy atom. The summed E-state index contributed by atoms with van der Waals surface area (Å²) < 4.78 is 37.7. The average Bonchev–Trinajstić information content (AvgIpc) is 2.59. The minimum Gasteiger partial charge on any atom is -0.388 e. The topological polar surface area (TPSA) is 66.3 Å². The van der Waals surface area contributed by atoms with Crippen molar-refractivity contribution in [3.8, 4) is 0 Å². The van der Waals surface area contributed by atoms with Gasteiger partial charge >= 0.3 is 6.18 Å². The molecule has 142 valence electrons. The summed E-state index contributed by atoms with van der Waals surface area (Å²) in [6, 6.07) is 5.62. The van der Waals surface area contributed by atoms with E-state index in [1.807, 2.05) is 6.07 Å². The Labute approximate surface area is 153 Å². The van der Waals surface area contributed by atoms with Gasteiger partial charge in [0.15, 0.2) is 0 Å². The molecule has 27 heavy (non-hydrogen) atoms. The standard InChI is InChI=1S/C19H18F3N3O2/c20-19(21,22)15-4-3-13(9-24-15)17(27)25-10-18(11-25)6-14(7-18)16(26)12-2-1-5-23-8-12/h1-5,8-9,14,16,26H,6-7,10-11H2. The first-order valence-corrected chi connectivity index (χ1v) is 8.68. The van der Waals surface area contributed by atoms with Crippen molar-refractivity contribution < 1.29 is 23.1 Å². The zero-order chi connectivity index (χ0) is 19.2. The van der Waals surface area contributed by atoms with Crippen molar-refractivity contribution in [1.82, 2.24) is 14.9 Å². The minimum absolute atomic E-state index is 0.0167. The summed E-state index contributed by atoms with van der Waals surface area (Å²) in [5, 5.41) is 10.4. The Bertz CT molecular complexity index is 826. The van der Waals surface area contributed by atoms with Gasteiger partial charge in [0.05, 0.1) is 11.7 Å². The lowest BCUT2D eigenvalue weighted by atomic mass is 9.56. The van der Waals surface area contributed by atoms with E-state index in [2.05, 4.69) is 9.97 Å². The van der Waals surface area contributed by atoms with Gasteiger partial charge in [-0.05, 0) is 42.5 Å². The van der Waals surface area contributed by atoms with E-state index in [-0.39, 0.29) is 22.8 Å². The summed E-state index contributed by atoms with van der Waals surface area (Å²) in [6.07, 6.45) is 0.849. The molecule has 0 bridgehead atoms. The molecular weight excluding hydrogens is 359 g/mol. The molecule has 1 amide bonds. The third kappa shape index (κ3) is 3.29. The lowest BCUT2D eigenvalue weighted by Gasteiger charge is -2.60. The number of amides is 1. The fraction of sp³-hybridized carbons (Fsp3) is 0.421. The zero-order valence-electron chi connectivity index (χ0n) is 14.4. The number of halogens is 3. The Balaban J connectivity index is 1.32. The van der Waals surface area contributed by atoms with E-state index in [0.717, 1.165) is 30.7 Å².